The van der Waals surface area contributed by atoms with E-state index >= 15 is 0 Å². The SMILES string of the molecule is CCCN1C[C@@H](NC(C)=O)CC[C@H]1c1ccccc1. The number of rotatable bonds is 4. The van der Waals surface area contributed by atoms with Crippen molar-refractivity contribution in [3.63, 3.8) is 0 Å². The molecule has 1 fully saturated rings. The van der Waals surface area contributed by atoms with Crippen LogP contribution in [-0.2, 0) is 4.79 Å². The molecule has 2 atom stereocenters. The van der Waals surface area contributed by atoms with Crippen molar-refractivity contribution >= 4 is 5.91 Å². The van der Waals surface area contributed by atoms with Crippen LogP contribution in [0.25, 0.3) is 0 Å². The third-order valence-corrected chi connectivity index (χ3v) is 3.79. The molecular weight excluding hydrogens is 236 g/mol. The van der Waals surface area contributed by atoms with E-state index in [-0.39, 0.29) is 5.91 Å². The van der Waals surface area contributed by atoms with Crippen molar-refractivity contribution in [1.29, 1.82) is 0 Å². The lowest BCUT2D eigenvalue weighted by atomic mass is 9.92. The highest BCUT2D eigenvalue weighted by Crippen LogP contribution is 2.30. The van der Waals surface area contributed by atoms with Crippen molar-refractivity contribution in [2.45, 2.75) is 45.2 Å². The maximum Gasteiger partial charge on any atom is 0.217 e. The number of hydrogen-bond acceptors (Lipinski definition) is 2. The molecule has 0 spiro atoms. The number of benzene rings is 1. The molecule has 0 radical (unpaired) electrons. The van der Waals surface area contributed by atoms with E-state index in [1.165, 1.54) is 5.56 Å². The second kappa shape index (κ2) is 6.71. The van der Waals surface area contributed by atoms with Crippen molar-refractivity contribution < 1.29 is 4.79 Å². The summed E-state index contributed by atoms with van der Waals surface area (Å²) in [7, 11) is 0. The molecule has 0 unspecified atom stereocenters. The van der Waals surface area contributed by atoms with Gasteiger partial charge in [-0.05, 0) is 31.4 Å². The predicted molar refractivity (Wildman–Crippen MR) is 77.9 cm³/mol. The Kier molecular flexibility index (Phi) is 4.97. The molecule has 1 saturated heterocycles. The van der Waals surface area contributed by atoms with E-state index in [2.05, 4.69) is 47.5 Å². The highest BCUT2D eigenvalue weighted by molar-refractivity contribution is 5.73. The van der Waals surface area contributed by atoms with Crippen LogP contribution in [0.5, 0.6) is 0 Å². The summed E-state index contributed by atoms with van der Waals surface area (Å²) in [5.41, 5.74) is 1.40. The molecule has 0 bridgehead atoms. The predicted octanol–water partition coefficient (Wildman–Crippen LogP) is 2.74. The van der Waals surface area contributed by atoms with Gasteiger partial charge in [0, 0.05) is 25.6 Å². The van der Waals surface area contributed by atoms with Crippen LogP contribution in [0.15, 0.2) is 30.3 Å². The molecule has 0 aliphatic carbocycles. The van der Waals surface area contributed by atoms with Crippen LogP contribution in [0.3, 0.4) is 0 Å². The largest absolute Gasteiger partial charge is 0.352 e. The van der Waals surface area contributed by atoms with Crippen molar-refractivity contribution in [2.75, 3.05) is 13.1 Å². The Balaban J connectivity index is 2.06. The van der Waals surface area contributed by atoms with E-state index < -0.39 is 0 Å². The monoisotopic (exact) mass is 260 g/mol. The Morgan fingerprint density at radius 1 is 1.32 bits per heavy atom. The summed E-state index contributed by atoms with van der Waals surface area (Å²) in [6.45, 7) is 5.88. The van der Waals surface area contributed by atoms with Gasteiger partial charge in [-0.15, -0.1) is 0 Å². The van der Waals surface area contributed by atoms with Crippen molar-refractivity contribution in [3.05, 3.63) is 35.9 Å². The fourth-order valence-corrected chi connectivity index (χ4v) is 3.04. The first-order valence-electron chi connectivity index (χ1n) is 7.26. The zero-order valence-corrected chi connectivity index (χ0v) is 11.9. The Morgan fingerprint density at radius 3 is 2.68 bits per heavy atom. The number of hydrogen-bond donors (Lipinski definition) is 1. The smallest absolute Gasteiger partial charge is 0.217 e. The van der Waals surface area contributed by atoms with E-state index in [0.29, 0.717) is 12.1 Å². The van der Waals surface area contributed by atoms with Crippen LogP contribution < -0.4 is 5.32 Å². The first-order chi connectivity index (χ1) is 9.20. The maximum absolute atomic E-state index is 11.2. The number of carbonyl (C=O) groups is 1. The standard InChI is InChI=1S/C16H24N2O/c1-3-11-18-12-15(17-13(2)19)9-10-16(18)14-7-5-4-6-8-14/h4-8,15-16H,3,9-12H2,1-2H3,(H,17,19)/t15-,16-/m0/s1. The first kappa shape index (κ1) is 14.1. The molecule has 2 rings (SSSR count). The normalized spacial score (nSPS) is 24.1. The van der Waals surface area contributed by atoms with Gasteiger partial charge in [-0.25, -0.2) is 0 Å². The van der Waals surface area contributed by atoms with Crippen LogP contribution >= 0.6 is 0 Å². The summed E-state index contributed by atoms with van der Waals surface area (Å²) in [6.07, 6.45) is 3.34. The van der Waals surface area contributed by atoms with Gasteiger partial charge in [-0.2, -0.15) is 0 Å². The number of piperidine rings is 1. The van der Waals surface area contributed by atoms with Gasteiger partial charge in [0.2, 0.25) is 5.91 Å². The van der Waals surface area contributed by atoms with Gasteiger partial charge in [0.05, 0.1) is 0 Å². The van der Waals surface area contributed by atoms with Crippen LogP contribution in [0.4, 0.5) is 0 Å². The lowest BCUT2D eigenvalue weighted by molar-refractivity contribution is -0.120. The molecule has 1 aliphatic heterocycles. The average molecular weight is 260 g/mol. The topological polar surface area (TPSA) is 32.3 Å². The minimum atomic E-state index is 0.0830. The number of nitrogens with zero attached hydrogens (tertiary/aromatic N) is 1. The lowest BCUT2D eigenvalue weighted by Gasteiger charge is -2.40. The van der Waals surface area contributed by atoms with E-state index in [9.17, 15) is 4.79 Å². The Hall–Kier alpha value is -1.35. The third-order valence-electron chi connectivity index (χ3n) is 3.79. The Bertz CT molecular complexity index is 404. The van der Waals surface area contributed by atoms with E-state index in [1.54, 1.807) is 6.92 Å². The van der Waals surface area contributed by atoms with Gasteiger partial charge < -0.3 is 5.32 Å². The highest BCUT2D eigenvalue weighted by Gasteiger charge is 2.28. The third kappa shape index (κ3) is 3.80. The number of amides is 1. The molecule has 19 heavy (non-hydrogen) atoms. The lowest BCUT2D eigenvalue weighted by Crippen LogP contribution is -2.48. The second-order valence-corrected chi connectivity index (χ2v) is 5.40. The molecule has 0 saturated carbocycles. The van der Waals surface area contributed by atoms with Crippen LogP contribution in [0, 0.1) is 0 Å². The highest BCUT2D eigenvalue weighted by atomic mass is 16.1. The minimum absolute atomic E-state index is 0.0830. The van der Waals surface area contributed by atoms with Gasteiger partial charge in [0.25, 0.3) is 0 Å². The summed E-state index contributed by atoms with van der Waals surface area (Å²) < 4.78 is 0. The first-order valence-corrected chi connectivity index (χ1v) is 7.26. The number of carbonyl (C=O) groups excluding carboxylic acids is 1. The van der Waals surface area contributed by atoms with Crippen molar-refractivity contribution in [1.82, 2.24) is 10.2 Å². The van der Waals surface area contributed by atoms with Crippen LogP contribution in [-0.4, -0.2) is 29.9 Å². The van der Waals surface area contributed by atoms with Crippen molar-refractivity contribution in [3.8, 4) is 0 Å². The summed E-state index contributed by atoms with van der Waals surface area (Å²) in [6, 6.07) is 11.5. The van der Waals surface area contributed by atoms with Gasteiger partial charge in [-0.3, -0.25) is 9.69 Å². The summed E-state index contributed by atoms with van der Waals surface area (Å²) in [5.74, 6) is 0.0830. The minimum Gasteiger partial charge on any atom is -0.352 e. The Morgan fingerprint density at radius 2 is 2.05 bits per heavy atom. The molecule has 1 amide bonds. The fourth-order valence-electron chi connectivity index (χ4n) is 3.04. The molecular formula is C16H24N2O. The van der Waals surface area contributed by atoms with E-state index in [1.807, 2.05) is 0 Å². The van der Waals surface area contributed by atoms with Gasteiger partial charge in [0.1, 0.15) is 0 Å². The molecule has 1 N–H and O–H groups in total. The van der Waals surface area contributed by atoms with Crippen LogP contribution in [0.1, 0.15) is 44.7 Å². The molecule has 3 heteroatoms. The molecule has 1 aromatic rings. The van der Waals surface area contributed by atoms with Crippen molar-refractivity contribution in [2.24, 2.45) is 0 Å². The van der Waals surface area contributed by atoms with Gasteiger partial charge in [-0.1, -0.05) is 37.3 Å². The molecule has 0 aromatic heterocycles. The average Bonchev–Trinajstić information content (AvgIpc) is 2.40. The molecule has 104 valence electrons. The van der Waals surface area contributed by atoms with Crippen LogP contribution in [0.2, 0.25) is 0 Å². The maximum atomic E-state index is 11.2. The van der Waals surface area contributed by atoms with Gasteiger partial charge >= 0.3 is 0 Å². The molecule has 1 heterocycles. The zero-order valence-electron chi connectivity index (χ0n) is 11.9. The fraction of sp³-hybridized carbons (Fsp3) is 0.562. The second-order valence-electron chi connectivity index (χ2n) is 5.40. The van der Waals surface area contributed by atoms with E-state index in [4.69, 9.17) is 0 Å². The zero-order chi connectivity index (χ0) is 13.7. The van der Waals surface area contributed by atoms with Gasteiger partial charge in [0.15, 0.2) is 0 Å². The summed E-state index contributed by atoms with van der Waals surface area (Å²) in [4.78, 5) is 13.7. The molecule has 1 aromatic carbocycles. The summed E-state index contributed by atoms with van der Waals surface area (Å²) >= 11 is 0. The molecule has 3 nitrogen and oxygen atoms in total. The molecule has 1 aliphatic rings. The number of nitrogens with one attached hydrogen (secondary N) is 1. The number of likely N-dealkylation sites (tertiary alicyclic amines) is 1. The quantitative estimate of drug-likeness (QED) is 0.903. The summed E-state index contributed by atoms with van der Waals surface area (Å²) in [5, 5.41) is 3.06. The van der Waals surface area contributed by atoms with E-state index in [0.717, 1.165) is 32.4 Å². The Labute approximate surface area is 116 Å².